The Bertz CT molecular complexity index is 4020. The van der Waals surface area contributed by atoms with Gasteiger partial charge in [-0.3, -0.25) is 14.4 Å². The maximum Gasteiger partial charge on any atom is 0.416 e. The Morgan fingerprint density at radius 2 is 0.716 bits per heavy atom. The van der Waals surface area contributed by atoms with Crippen LogP contribution in [0.5, 0.6) is 17.2 Å². The number of rotatable bonds is 30. The number of aliphatic carboxylic acids is 3. The average Bonchev–Trinajstić information content (AvgIpc) is 0.828. The van der Waals surface area contributed by atoms with Crippen molar-refractivity contribution in [2.75, 3.05) is 0 Å². The van der Waals surface area contributed by atoms with Crippen molar-refractivity contribution < 1.29 is 83.4 Å². The summed E-state index contributed by atoms with van der Waals surface area (Å²) in [5, 5.41) is 27.9. The molecule has 3 aromatic heterocycles. The first-order valence-corrected chi connectivity index (χ1v) is 34.1. The molecule has 0 radical (unpaired) electrons. The summed E-state index contributed by atoms with van der Waals surface area (Å²) >= 11 is 19.1. The van der Waals surface area contributed by atoms with Gasteiger partial charge >= 0.3 is 36.4 Å². The molecule has 0 fully saturated rings. The average molecular weight is 1480 g/mol. The minimum atomic E-state index is -4.39. The Balaban J connectivity index is 0.000000214. The fourth-order valence-electron chi connectivity index (χ4n) is 10.5. The molecule has 0 aliphatic heterocycles. The Morgan fingerprint density at radius 3 is 1.01 bits per heavy atom. The molecule has 0 amide bonds. The van der Waals surface area contributed by atoms with Gasteiger partial charge in [-0.1, -0.05) is 148 Å². The number of hydrogen-bond donors (Lipinski definition) is 3. The van der Waals surface area contributed by atoms with Crippen LogP contribution in [-0.4, -0.2) is 48.2 Å². The number of aromatic nitrogens is 3. The summed E-state index contributed by atoms with van der Waals surface area (Å²) in [6.45, 7) is 6.20. The zero-order valence-electron chi connectivity index (χ0n) is 55.8. The highest BCUT2D eigenvalue weighted by molar-refractivity contribution is 6.32. The van der Waals surface area contributed by atoms with E-state index in [1.807, 2.05) is 18.2 Å². The SMILES string of the molecule is CCCC[C@@H](Oc1ccc(CCC(=O)O)c(Cl)c1)c1cccc(-c2ccc(C(F)(F)F)cc2)n1.CCCC[C@H](Oc1ccc(CCC(=O)O)c(Cl)c1)c1cccc(-c2ccc(C(F)(F)F)cc2)n1.CCCC[C@H](Oc1ccc(CCC(=O)O)cc1Cl)c1cccc(-c2ccc(C(F)(F)F)cc2)n1. The standard InChI is InChI=1S/3C26H25ClF3NO3/c1-2-3-7-24(34-23-14-8-17(16-20(23)27)9-15-25(32)33)22-6-4-5-21(31-22)18-10-12-19(13-11-18)26(28,29)30;2*1-2-3-7-24(34-20-14-10-17(21(27)16-20)11-15-25(32)33)23-6-4-5-22(31-23)18-8-12-19(13-9-18)26(28,29)30/h4-6,8,10-14,16,24H,2-3,7,9,15H2,1H3,(H,32,33);2*4-6,8-10,12-14,16,24H,2-3,7,11,15H2,1H3,(H,32,33)/t3*24-/m010/s1. The number of pyridine rings is 3. The highest BCUT2D eigenvalue weighted by Crippen LogP contribution is 2.38. The van der Waals surface area contributed by atoms with E-state index in [0.717, 1.165) is 91.6 Å². The van der Waals surface area contributed by atoms with E-state index in [9.17, 15) is 53.9 Å². The second kappa shape index (κ2) is 38.2. The minimum Gasteiger partial charge on any atom is -0.484 e. The van der Waals surface area contributed by atoms with Gasteiger partial charge in [0.05, 0.1) is 55.9 Å². The first-order chi connectivity index (χ1) is 48.5. The maximum absolute atomic E-state index is 12.9. The molecule has 24 heteroatoms. The van der Waals surface area contributed by atoms with Gasteiger partial charge < -0.3 is 29.5 Å². The molecule has 0 aliphatic carbocycles. The molecule has 3 heterocycles. The number of nitrogens with zero attached hydrogens (tertiary/aromatic N) is 3. The van der Waals surface area contributed by atoms with Crippen LogP contribution in [-0.2, 0) is 52.2 Å². The molecule has 3 N–H and O–H groups in total. The van der Waals surface area contributed by atoms with Crippen LogP contribution in [0.1, 0.15) is 167 Å². The van der Waals surface area contributed by atoms with Gasteiger partial charge in [-0.05, 0) is 184 Å². The number of ether oxygens (including phenoxy) is 3. The third kappa shape index (κ3) is 25.1. The van der Waals surface area contributed by atoms with Gasteiger partial charge in [-0.25, -0.2) is 15.0 Å². The zero-order valence-corrected chi connectivity index (χ0v) is 58.1. The van der Waals surface area contributed by atoms with Crippen LogP contribution in [0.3, 0.4) is 0 Å². The van der Waals surface area contributed by atoms with Crippen molar-refractivity contribution in [3.63, 3.8) is 0 Å². The van der Waals surface area contributed by atoms with Crippen molar-refractivity contribution in [1.29, 1.82) is 0 Å². The molecule has 102 heavy (non-hydrogen) atoms. The molecule has 0 unspecified atom stereocenters. The predicted octanol–water partition coefficient (Wildman–Crippen LogP) is 23.2. The van der Waals surface area contributed by atoms with Crippen LogP contribution in [0.15, 0.2) is 182 Å². The Morgan fingerprint density at radius 1 is 0.392 bits per heavy atom. The first-order valence-electron chi connectivity index (χ1n) is 33.0. The number of alkyl halides is 9. The molecule has 0 saturated carbocycles. The lowest BCUT2D eigenvalue weighted by molar-refractivity contribution is -0.138. The number of hydrogen-bond acceptors (Lipinski definition) is 9. The van der Waals surface area contributed by atoms with Crippen molar-refractivity contribution in [2.45, 2.75) is 154 Å². The summed E-state index contributed by atoms with van der Waals surface area (Å²) in [6, 6.07) is 46.4. The number of carboxylic acids is 3. The first kappa shape index (κ1) is 80.1. The largest absolute Gasteiger partial charge is 0.484 e. The van der Waals surface area contributed by atoms with Gasteiger partial charge in [-0.2, -0.15) is 39.5 Å². The summed E-state index contributed by atoms with van der Waals surface area (Å²) in [7, 11) is 0. The maximum atomic E-state index is 12.9. The van der Waals surface area contributed by atoms with E-state index < -0.39 is 59.2 Å². The fraction of sp³-hybridized carbons (Fsp3) is 0.308. The summed E-state index contributed by atoms with van der Waals surface area (Å²) in [5.74, 6) is -1.14. The van der Waals surface area contributed by atoms with E-state index in [1.54, 1.807) is 91.0 Å². The third-order valence-electron chi connectivity index (χ3n) is 16.0. The molecule has 0 saturated heterocycles. The van der Waals surface area contributed by atoms with E-state index >= 15 is 0 Å². The molecule has 0 bridgehead atoms. The normalized spacial score (nSPS) is 12.4. The lowest BCUT2D eigenvalue weighted by Gasteiger charge is -2.20. The lowest BCUT2D eigenvalue weighted by atomic mass is 10.1. The predicted molar refractivity (Wildman–Crippen MR) is 375 cm³/mol. The monoisotopic (exact) mass is 1470 g/mol. The van der Waals surface area contributed by atoms with Crippen LogP contribution in [0.4, 0.5) is 39.5 Å². The van der Waals surface area contributed by atoms with Crippen LogP contribution >= 0.6 is 34.8 Å². The number of benzene rings is 6. The van der Waals surface area contributed by atoms with Gasteiger partial charge in [0.15, 0.2) is 0 Å². The van der Waals surface area contributed by atoms with Gasteiger partial charge in [0.2, 0.25) is 0 Å². The molecule has 9 aromatic rings. The topological polar surface area (TPSA) is 178 Å². The van der Waals surface area contributed by atoms with Gasteiger partial charge in [0.1, 0.15) is 35.6 Å². The zero-order chi connectivity index (χ0) is 74.2. The van der Waals surface area contributed by atoms with Crippen molar-refractivity contribution in [3.05, 3.63) is 248 Å². The van der Waals surface area contributed by atoms with E-state index in [4.69, 9.17) is 64.3 Å². The number of aryl methyl sites for hydroxylation is 3. The Hall–Kier alpha value is -9.18. The molecule has 9 rings (SSSR count). The smallest absolute Gasteiger partial charge is 0.416 e. The Kier molecular flexibility index (Phi) is 30.0. The van der Waals surface area contributed by atoms with E-state index in [0.29, 0.717) is 122 Å². The van der Waals surface area contributed by atoms with Crippen molar-refractivity contribution in [2.24, 2.45) is 0 Å². The van der Waals surface area contributed by atoms with Crippen molar-refractivity contribution >= 4 is 52.7 Å². The van der Waals surface area contributed by atoms with Crippen molar-refractivity contribution in [1.82, 2.24) is 15.0 Å². The van der Waals surface area contributed by atoms with E-state index in [2.05, 4.69) is 35.7 Å². The van der Waals surface area contributed by atoms with E-state index in [-0.39, 0.29) is 31.5 Å². The molecule has 0 aliphatic rings. The van der Waals surface area contributed by atoms with Gasteiger partial charge in [0.25, 0.3) is 0 Å². The number of carbonyl (C=O) groups is 3. The summed E-state index contributed by atoms with van der Waals surface area (Å²) < 4.78 is 135. The lowest BCUT2D eigenvalue weighted by Crippen LogP contribution is -2.10. The van der Waals surface area contributed by atoms with Crippen LogP contribution in [0, 0.1) is 0 Å². The minimum absolute atomic E-state index is 0.0102. The highest BCUT2D eigenvalue weighted by atomic mass is 35.5. The third-order valence-corrected chi connectivity index (χ3v) is 17.0. The quantitative estimate of drug-likeness (QED) is 0.0364. The number of carboxylic acid groups (broad SMARTS) is 3. The molecule has 3 atom stereocenters. The van der Waals surface area contributed by atoms with Crippen LogP contribution in [0.25, 0.3) is 33.8 Å². The number of halogens is 12. The molecule has 6 aromatic carbocycles. The second-order valence-corrected chi connectivity index (χ2v) is 25.0. The molecule has 0 spiro atoms. The Labute approximate surface area is 600 Å². The van der Waals surface area contributed by atoms with E-state index in [1.165, 1.54) is 36.4 Å². The summed E-state index contributed by atoms with van der Waals surface area (Å²) in [6.07, 6.45) is -5.77. The number of unbranched alkanes of at least 4 members (excludes halogenated alkanes) is 3. The van der Waals surface area contributed by atoms with Gasteiger partial charge in [-0.15, -0.1) is 0 Å². The highest BCUT2D eigenvalue weighted by Gasteiger charge is 2.32. The van der Waals surface area contributed by atoms with Crippen LogP contribution in [0.2, 0.25) is 15.1 Å². The summed E-state index contributed by atoms with van der Waals surface area (Å²) in [5.41, 5.74) is 5.49. The molecule has 540 valence electrons. The molecular weight excluding hydrogens is 1400 g/mol. The second-order valence-electron chi connectivity index (χ2n) is 23.8. The summed E-state index contributed by atoms with van der Waals surface area (Å²) in [4.78, 5) is 46.4. The molecule has 12 nitrogen and oxygen atoms in total. The van der Waals surface area contributed by atoms with Gasteiger partial charge in [0, 0.05) is 46.0 Å². The van der Waals surface area contributed by atoms with Crippen molar-refractivity contribution in [3.8, 4) is 51.0 Å². The fourth-order valence-corrected chi connectivity index (χ4v) is 11.2. The van der Waals surface area contributed by atoms with Crippen LogP contribution < -0.4 is 14.2 Å². The molecular formula is C78H75Cl3F9N3O9.